The van der Waals surface area contributed by atoms with E-state index < -0.39 is 0 Å². The number of hydrogen-bond acceptors (Lipinski definition) is 5. The highest BCUT2D eigenvalue weighted by atomic mass is 32.1. The molecule has 1 amide bonds. The van der Waals surface area contributed by atoms with Crippen molar-refractivity contribution in [2.45, 2.75) is 25.8 Å². The third kappa shape index (κ3) is 3.29. The lowest BCUT2D eigenvalue weighted by molar-refractivity contribution is -0.118. The molecule has 2 N–H and O–H groups in total. The van der Waals surface area contributed by atoms with Crippen molar-refractivity contribution < 1.29 is 9.90 Å². The molecule has 0 radical (unpaired) electrons. The second kappa shape index (κ2) is 6.73. The van der Waals surface area contributed by atoms with Gasteiger partial charge in [-0.2, -0.15) is 0 Å². The van der Waals surface area contributed by atoms with Gasteiger partial charge in [-0.25, -0.2) is 4.98 Å². The first-order chi connectivity index (χ1) is 10.7. The van der Waals surface area contributed by atoms with Crippen LogP contribution in [0.4, 0.5) is 5.13 Å². The molecule has 2 aromatic rings. The summed E-state index contributed by atoms with van der Waals surface area (Å²) in [5.74, 6) is 0.362. The second-order valence-electron chi connectivity index (χ2n) is 5.87. The minimum Gasteiger partial charge on any atom is -0.395 e. The molecule has 1 saturated heterocycles. The largest absolute Gasteiger partial charge is 0.395 e. The van der Waals surface area contributed by atoms with Crippen molar-refractivity contribution in [1.29, 1.82) is 0 Å². The lowest BCUT2D eigenvalue weighted by Gasteiger charge is -2.38. The van der Waals surface area contributed by atoms with E-state index in [2.05, 4.69) is 22.1 Å². The van der Waals surface area contributed by atoms with E-state index in [1.807, 2.05) is 24.3 Å². The van der Waals surface area contributed by atoms with E-state index in [1.165, 1.54) is 11.3 Å². The van der Waals surface area contributed by atoms with Crippen LogP contribution in [-0.2, 0) is 4.79 Å². The average molecular weight is 319 g/mol. The van der Waals surface area contributed by atoms with Crippen molar-refractivity contribution in [2.75, 3.05) is 25.0 Å². The zero-order chi connectivity index (χ0) is 15.5. The molecule has 1 aliphatic heterocycles. The van der Waals surface area contributed by atoms with Crippen molar-refractivity contribution in [1.82, 2.24) is 9.88 Å². The number of para-hydroxylation sites is 1. The van der Waals surface area contributed by atoms with Crippen molar-refractivity contribution in [2.24, 2.45) is 5.92 Å². The van der Waals surface area contributed by atoms with Gasteiger partial charge in [0.05, 0.1) is 23.4 Å². The number of aliphatic hydroxyl groups excluding tert-OH is 1. The fraction of sp³-hybridized carbons (Fsp3) is 0.500. The molecule has 118 valence electrons. The second-order valence-corrected chi connectivity index (χ2v) is 6.91. The SMILES string of the molecule is CC1CCCN(CC(=O)Nc2nc3ccccc3s2)C1CO. The van der Waals surface area contributed by atoms with Crippen LogP contribution in [-0.4, -0.2) is 46.6 Å². The summed E-state index contributed by atoms with van der Waals surface area (Å²) in [4.78, 5) is 18.8. The molecule has 0 spiro atoms. The van der Waals surface area contributed by atoms with Crippen molar-refractivity contribution in [3.8, 4) is 0 Å². The number of rotatable bonds is 4. The van der Waals surface area contributed by atoms with Gasteiger partial charge >= 0.3 is 0 Å². The van der Waals surface area contributed by atoms with E-state index in [1.54, 1.807) is 0 Å². The number of nitrogens with zero attached hydrogens (tertiary/aromatic N) is 2. The standard InChI is InChI=1S/C16H21N3O2S/c1-11-5-4-8-19(13(11)10-20)9-15(21)18-16-17-12-6-2-3-7-14(12)22-16/h2-3,6-7,11,13,20H,4-5,8-10H2,1H3,(H,17,18,21). The molecule has 2 atom stereocenters. The van der Waals surface area contributed by atoms with Crippen LogP contribution in [0.2, 0.25) is 0 Å². The molecule has 0 aliphatic carbocycles. The van der Waals surface area contributed by atoms with Gasteiger partial charge < -0.3 is 10.4 Å². The highest BCUT2D eigenvalue weighted by molar-refractivity contribution is 7.22. The maximum absolute atomic E-state index is 12.3. The highest BCUT2D eigenvalue weighted by Crippen LogP contribution is 2.26. The maximum Gasteiger partial charge on any atom is 0.240 e. The van der Waals surface area contributed by atoms with Crippen LogP contribution in [0.3, 0.4) is 0 Å². The summed E-state index contributed by atoms with van der Waals surface area (Å²) in [6.45, 7) is 3.42. The third-order valence-electron chi connectivity index (χ3n) is 4.30. The minimum atomic E-state index is -0.0633. The number of aliphatic hydroxyl groups is 1. The van der Waals surface area contributed by atoms with Crippen molar-refractivity contribution in [3.05, 3.63) is 24.3 Å². The Morgan fingerprint density at radius 1 is 1.50 bits per heavy atom. The van der Waals surface area contributed by atoms with E-state index in [0.717, 1.165) is 29.6 Å². The summed E-state index contributed by atoms with van der Waals surface area (Å²) < 4.78 is 1.07. The Hall–Kier alpha value is -1.50. The molecule has 2 heterocycles. The Bertz CT molecular complexity index is 625. The number of amides is 1. The maximum atomic E-state index is 12.3. The Labute approximate surface area is 134 Å². The first kappa shape index (κ1) is 15.4. The minimum absolute atomic E-state index is 0.0633. The zero-order valence-electron chi connectivity index (χ0n) is 12.7. The van der Waals surface area contributed by atoms with Gasteiger partial charge in [-0.1, -0.05) is 30.4 Å². The number of benzene rings is 1. The number of anilines is 1. The van der Waals surface area contributed by atoms with Crippen LogP contribution in [0.25, 0.3) is 10.2 Å². The van der Waals surface area contributed by atoms with Gasteiger partial charge in [0.2, 0.25) is 5.91 Å². The summed E-state index contributed by atoms with van der Waals surface area (Å²) in [5, 5.41) is 13.1. The van der Waals surface area contributed by atoms with Gasteiger partial charge in [0.1, 0.15) is 0 Å². The monoisotopic (exact) mass is 319 g/mol. The predicted octanol–water partition coefficient (Wildman–Crippen LogP) is 2.33. The first-order valence-electron chi connectivity index (χ1n) is 7.67. The number of fused-ring (bicyclic) bond motifs is 1. The molecule has 0 saturated carbocycles. The molecule has 0 bridgehead atoms. The van der Waals surface area contributed by atoms with E-state index in [-0.39, 0.29) is 18.6 Å². The van der Waals surface area contributed by atoms with Gasteiger partial charge in [-0.3, -0.25) is 9.69 Å². The van der Waals surface area contributed by atoms with E-state index in [9.17, 15) is 9.90 Å². The Balaban J connectivity index is 1.64. The van der Waals surface area contributed by atoms with Gasteiger partial charge in [0, 0.05) is 6.04 Å². The summed E-state index contributed by atoms with van der Waals surface area (Å²) in [7, 11) is 0. The molecule has 6 heteroatoms. The number of carbonyl (C=O) groups is 1. The fourth-order valence-corrected chi connectivity index (χ4v) is 3.98. The van der Waals surface area contributed by atoms with E-state index in [4.69, 9.17) is 0 Å². The zero-order valence-corrected chi connectivity index (χ0v) is 13.5. The van der Waals surface area contributed by atoms with Crippen LogP contribution in [0.1, 0.15) is 19.8 Å². The summed E-state index contributed by atoms with van der Waals surface area (Å²) >= 11 is 1.48. The van der Waals surface area contributed by atoms with Gasteiger partial charge in [-0.15, -0.1) is 0 Å². The van der Waals surface area contributed by atoms with Crippen molar-refractivity contribution >= 4 is 32.6 Å². The van der Waals surface area contributed by atoms with Crippen LogP contribution in [0, 0.1) is 5.92 Å². The summed E-state index contributed by atoms with van der Waals surface area (Å²) in [6.07, 6.45) is 2.19. The topological polar surface area (TPSA) is 65.5 Å². The average Bonchev–Trinajstić information content (AvgIpc) is 2.89. The van der Waals surface area contributed by atoms with Crippen LogP contribution in [0.5, 0.6) is 0 Å². The van der Waals surface area contributed by atoms with Crippen molar-refractivity contribution in [3.63, 3.8) is 0 Å². The quantitative estimate of drug-likeness (QED) is 0.908. The summed E-state index contributed by atoms with van der Waals surface area (Å²) in [5.41, 5.74) is 0.905. The van der Waals surface area contributed by atoms with Gasteiger partial charge in [0.25, 0.3) is 0 Å². The van der Waals surface area contributed by atoms with E-state index >= 15 is 0 Å². The summed E-state index contributed by atoms with van der Waals surface area (Å²) in [6, 6.07) is 7.92. The Morgan fingerprint density at radius 2 is 2.32 bits per heavy atom. The third-order valence-corrected chi connectivity index (χ3v) is 5.26. The molecular weight excluding hydrogens is 298 g/mol. The Morgan fingerprint density at radius 3 is 3.09 bits per heavy atom. The van der Waals surface area contributed by atoms with Crippen LogP contribution in [0.15, 0.2) is 24.3 Å². The van der Waals surface area contributed by atoms with E-state index in [0.29, 0.717) is 17.6 Å². The molecular formula is C16H21N3O2S. The number of thiazole rings is 1. The molecule has 2 unspecified atom stereocenters. The molecule has 1 fully saturated rings. The highest BCUT2D eigenvalue weighted by Gasteiger charge is 2.29. The number of likely N-dealkylation sites (tertiary alicyclic amines) is 1. The smallest absolute Gasteiger partial charge is 0.240 e. The molecule has 1 aromatic heterocycles. The predicted molar refractivity (Wildman–Crippen MR) is 89.1 cm³/mol. The van der Waals surface area contributed by atoms with Gasteiger partial charge in [0.15, 0.2) is 5.13 Å². The number of aromatic nitrogens is 1. The Kier molecular flexibility index (Phi) is 4.71. The number of nitrogens with one attached hydrogen (secondary N) is 1. The fourth-order valence-electron chi connectivity index (χ4n) is 3.10. The molecule has 1 aromatic carbocycles. The number of hydrogen-bond donors (Lipinski definition) is 2. The molecule has 22 heavy (non-hydrogen) atoms. The molecule has 1 aliphatic rings. The molecule has 5 nitrogen and oxygen atoms in total. The van der Waals surface area contributed by atoms with Crippen LogP contribution < -0.4 is 5.32 Å². The molecule has 3 rings (SSSR count). The van der Waals surface area contributed by atoms with Crippen LogP contribution >= 0.6 is 11.3 Å². The normalized spacial score (nSPS) is 22.8. The lowest BCUT2D eigenvalue weighted by atomic mass is 9.91. The number of piperidine rings is 1. The van der Waals surface area contributed by atoms with Gasteiger partial charge in [-0.05, 0) is 37.4 Å². The first-order valence-corrected chi connectivity index (χ1v) is 8.49. The number of carbonyl (C=O) groups excluding carboxylic acids is 1. The lowest BCUT2D eigenvalue weighted by Crippen LogP contribution is -2.49.